The zero-order valence-corrected chi connectivity index (χ0v) is 14.9. The predicted molar refractivity (Wildman–Crippen MR) is 106 cm³/mol. The molecule has 7 heteroatoms. The van der Waals surface area contributed by atoms with Crippen molar-refractivity contribution >= 4 is 23.7 Å². The Bertz CT molecular complexity index is 942. The van der Waals surface area contributed by atoms with E-state index in [9.17, 15) is 9.59 Å². The molecule has 0 atom stereocenters. The van der Waals surface area contributed by atoms with Gasteiger partial charge in [0.05, 0.1) is 6.21 Å². The van der Waals surface area contributed by atoms with Crippen LogP contribution in [-0.4, -0.2) is 23.0 Å². The number of pyridine rings is 1. The highest BCUT2D eigenvalue weighted by Crippen LogP contribution is 2.17. The molecule has 2 aromatic carbocycles. The molecule has 28 heavy (non-hydrogen) atoms. The van der Waals surface area contributed by atoms with Gasteiger partial charge in [0.1, 0.15) is 12.4 Å². The molecule has 2 N–H and O–H groups in total. The number of hydrogen-bond donors (Lipinski definition) is 2. The summed E-state index contributed by atoms with van der Waals surface area (Å²) in [7, 11) is 0. The van der Waals surface area contributed by atoms with Gasteiger partial charge in [0.15, 0.2) is 0 Å². The maximum absolute atomic E-state index is 11.9. The highest BCUT2D eigenvalue weighted by molar-refractivity contribution is 6.39. The van der Waals surface area contributed by atoms with Crippen LogP contribution in [0.5, 0.6) is 5.75 Å². The quantitative estimate of drug-likeness (QED) is 0.394. The third-order valence-corrected chi connectivity index (χ3v) is 3.65. The van der Waals surface area contributed by atoms with Crippen molar-refractivity contribution in [1.29, 1.82) is 0 Å². The van der Waals surface area contributed by atoms with E-state index < -0.39 is 11.8 Å². The lowest BCUT2D eigenvalue weighted by molar-refractivity contribution is -0.136. The molecule has 1 heterocycles. The summed E-state index contributed by atoms with van der Waals surface area (Å²) in [5, 5.41) is 6.24. The highest BCUT2D eigenvalue weighted by Gasteiger charge is 2.12. The molecule has 0 radical (unpaired) electrons. The molecular formula is C21H18N4O3. The minimum absolute atomic E-state index is 0.449. The number of rotatable bonds is 6. The summed E-state index contributed by atoms with van der Waals surface area (Å²) in [5.41, 5.74) is 4.46. The van der Waals surface area contributed by atoms with Crippen molar-refractivity contribution in [2.45, 2.75) is 6.61 Å². The van der Waals surface area contributed by atoms with Gasteiger partial charge in [-0.05, 0) is 47.5 Å². The first kappa shape index (κ1) is 18.8. The topological polar surface area (TPSA) is 92.7 Å². The van der Waals surface area contributed by atoms with E-state index >= 15 is 0 Å². The number of hydrogen-bond acceptors (Lipinski definition) is 5. The second-order valence-corrected chi connectivity index (χ2v) is 5.73. The number of nitrogens with zero attached hydrogens (tertiary/aromatic N) is 2. The van der Waals surface area contributed by atoms with Crippen molar-refractivity contribution in [2.75, 3.05) is 5.32 Å². The molecule has 0 aliphatic heterocycles. The van der Waals surface area contributed by atoms with Gasteiger partial charge in [-0.25, -0.2) is 5.43 Å². The van der Waals surface area contributed by atoms with E-state index in [2.05, 4.69) is 20.8 Å². The van der Waals surface area contributed by atoms with Crippen molar-refractivity contribution in [3.05, 3.63) is 90.3 Å². The molecule has 140 valence electrons. The Labute approximate surface area is 162 Å². The fourth-order valence-corrected chi connectivity index (χ4v) is 2.23. The summed E-state index contributed by atoms with van der Waals surface area (Å²) < 4.78 is 5.68. The maximum atomic E-state index is 11.9. The molecule has 2 amide bonds. The summed E-state index contributed by atoms with van der Waals surface area (Å²) >= 11 is 0. The number of hydrazone groups is 1. The first-order valence-corrected chi connectivity index (χ1v) is 8.52. The number of benzene rings is 2. The first-order chi connectivity index (χ1) is 13.7. The van der Waals surface area contributed by atoms with E-state index in [1.807, 2.05) is 30.3 Å². The van der Waals surface area contributed by atoms with Crippen molar-refractivity contribution in [3.63, 3.8) is 0 Å². The van der Waals surface area contributed by atoms with E-state index in [0.29, 0.717) is 18.0 Å². The van der Waals surface area contributed by atoms with Crippen LogP contribution in [0.15, 0.2) is 84.2 Å². The fraction of sp³-hybridized carbons (Fsp3) is 0.0476. The minimum Gasteiger partial charge on any atom is -0.489 e. The summed E-state index contributed by atoms with van der Waals surface area (Å²) in [6, 6.07) is 20.0. The van der Waals surface area contributed by atoms with E-state index in [1.165, 1.54) is 6.21 Å². The van der Waals surface area contributed by atoms with Crippen LogP contribution in [0, 0.1) is 0 Å². The molecule has 0 fully saturated rings. The number of ether oxygens (including phenoxy) is 1. The van der Waals surface area contributed by atoms with E-state index in [-0.39, 0.29) is 0 Å². The SMILES string of the molecule is O=C(N/N=C\c1ccncc1)C(=O)Nc1ccc(OCc2ccccc2)cc1. The summed E-state index contributed by atoms with van der Waals surface area (Å²) in [5.74, 6) is -1.02. The summed E-state index contributed by atoms with van der Waals surface area (Å²) in [6.07, 6.45) is 4.62. The molecule has 0 aliphatic carbocycles. The lowest BCUT2D eigenvalue weighted by Crippen LogP contribution is -2.32. The predicted octanol–water partition coefficient (Wildman–Crippen LogP) is 2.75. The third kappa shape index (κ3) is 5.77. The Hall–Kier alpha value is -4.00. The number of carbonyl (C=O) groups excluding carboxylic acids is 2. The molecule has 7 nitrogen and oxygen atoms in total. The summed E-state index contributed by atoms with van der Waals surface area (Å²) in [4.78, 5) is 27.6. The Morgan fingerprint density at radius 2 is 1.64 bits per heavy atom. The number of nitrogens with one attached hydrogen (secondary N) is 2. The Morgan fingerprint density at radius 3 is 2.36 bits per heavy atom. The van der Waals surface area contributed by atoms with Gasteiger partial charge in [-0.3, -0.25) is 14.6 Å². The van der Waals surface area contributed by atoms with Gasteiger partial charge >= 0.3 is 11.8 Å². The van der Waals surface area contributed by atoms with Crippen LogP contribution in [-0.2, 0) is 16.2 Å². The zero-order chi connectivity index (χ0) is 19.6. The van der Waals surface area contributed by atoms with Crippen molar-refractivity contribution in [2.24, 2.45) is 5.10 Å². The van der Waals surface area contributed by atoms with Gasteiger partial charge in [0.25, 0.3) is 0 Å². The van der Waals surface area contributed by atoms with Crippen LogP contribution in [0.1, 0.15) is 11.1 Å². The molecule has 0 saturated carbocycles. The smallest absolute Gasteiger partial charge is 0.329 e. The van der Waals surface area contributed by atoms with Crippen LogP contribution in [0.2, 0.25) is 0 Å². The maximum Gasteiger partial charge on any atom is 0.329 e. The van der Waals surface area contributed by atoms with Gasteiger partial charge in [-0.2, -0.15) is 5.10 Å². The van der Waals surface area contributed by atoms with Crippen LogP contribution in [0.25, 0.3) is 0 Å². The molecule has 3 rings (SSSR count). The minimum atomic E-state index is -0.866. The van der Waals surface area contributed by atoms with Crippen LogP contribution >= 0.6 is 0 Å². The van der Waals surface area contributed by atoms with Crippen LogP contribution in [0.3, 0.4) is 0 Å². The average molecular weight is 374 g/mol. The first-order valence-electron chi connectivity index (χ1n) is 8.52. The van der Waals surface area contributed by atoms with E-state index in [4.69, 9.17) is 4.74 Å². The van der Waals surface area contributed by atoms with Crippen molar-refractivity contribution < 1.29 is 14.3 Å². The van der Waals surface area contributed by atoms with Gasteiger partial charge in [-0.1, -0.05) is 30.3 Å². The van der Waals surface area contributed by atoms with Gasteiger partial charge in [0, 0.05) is 18.1 Å². The molecule has 0 unspecified atom stereocenters. The third-order valence-electron chi connectivity index (χ3n) is 3.65. The van der Waals surface area contributed by atoms with Crippen molar-refractivity contribution in [1.82, 2.24) is 10.4 Å². The molecule has 0 bridgehead atoms. The van der Waals surface area contributed by atoms with Crippen LogP contribution in [0.4, 0.5) is 5.69 Å². The number of amides is 2. The standard InChI is InChI=1S/C21H18N4O3/c26-20(21(27)25-23-14-16-10-12-22-13-11-16)24-18-6-8-19(9-7-18)28-15-17-4-2-1-3-5-17/h1-14H,15H2,(H,24,26)(H,25,27)/b23-14-. The molecule has 0 spiro atoms. The van der Waals surface area contributed by atoms with Gasteiger partial charge in [0.2, 0.25) is 0 Å². The Morgan fingerprint density at radius 1 is 0.929 bits per heavy atom. The Balaban J connectivity index is 1.47. The fourth-order valence-electron chi connectivity index (χ4n) is 2.23. The van der Waals surface area contributed by atoms with E-state index in [0.717, 1.165) is 11.1 Å². The van der Waals surface area contributed by atoms with Gasteiger partial charge in [-0.15, -0.1) is 0 Å². The number of carbonyl (C=O) groups is 2. The molecule has 0 saturated heterocycles. The molecule has 3 aromatic rings. The lowest BCUT2D eigenvalue weighted by atomic mass is 10.2. The number of aromatic nitrogens is 1. The molecule has 1 aromatic heterocycles. The average Bonchev–Trinajstić information content (AvgIpc) is 2.74. The monoisotopic (exact) mass is 374 g/mol. The normalized spacial score (nSPS) is 10.4. The lowest BCUT2D eigenvalue weighted by Gasteiger charge is -2.08. The van der Waals surface area contributed by atoms with Crippen molar-refractivity contribution in [3.8, 4) is 5.75 Å². The largest absolute Gasteiger partial charge is 0.489 e. The summed E-state index contributed by atoms with van der Waals surface area (Å²) in [6.45, 7) is 0.449. The Kier molecular flexibility index (Phi) is 6.46. The number of anilines is 1. The second-order valence-electron chi connectivity index (χ2n) is 5.73. The van der Waals surface area contributed by atoms with E-state index in [1.54, 1.807) is 48.8 Å². The highest BCUT2D eigenvalue weighted by atomic mass is 16.5. The second kappa shape index (κ2) is 9.63. The van der Waals surface area contributed by atoms with Gasteiger partial charge < -0.3 is 10.1 Å². The zero-order valence-electron chi connectivity index (χ0n) is 14.9. The molecule has 0 aliphatic rings. The van der Waals surface area contributed by atoms with Crippen LogP contribution < -0.4 is 15.5 Å². The molecular weight excluding hydrogens is 356 g/mol.